The molecule has 0 aliphatic rings. The second-order valence-corrected chi connectivity index (χ2v) is 17.6. The van der Waals surface area contributed by atoms with Crippen molar-refractivity contribution >= 4 is 64.6 Å². The number of hydrogen-bond donors (Lipinski definition) is 0. The van der Waals surface area contributed by atoms with E-state index in [1.807, 2.05) is 0 Å². The van der Waals surface area contributed by atoms with Crippen molar-refractivity contribution in [3.63, 3.8) is 0 Å². The molecule has 66 heavy (non-hydrogen) atoms. The summed E-state index contributed by atoms with van der Waals surface area (Å²) in [5.41, 5.74) is 14.6. The second-order valence-electron chi connectivity index (χ2n) is 17.6. The van der Waals surface area contributed by atoms with Crippen LogP contribution in [0, 0.1) is 0 Å². The van der Waals surface area contributed by atoms with Crippen LogP contribution in [0.1, 0.15) is 0 Å². The molecular weight excluding hydrogens is 793 g/mol. The third-order valence-electron chi connectivity index (χ3n) is 13.8. The van der Waals surface area contributed by atoms with E-state index in [0.717, 1.165) is 0 Å². The zero-order valence-corrected chi connectivity index (χ0v) is 36.2. The third kappa shape index (κ3) is 6.54. The van der Waals surface area contributed by atoms with Gasteiger partial charge >= 0.3 is 0 Å². The molecule has 0 nitrogen and oxygen atoms in total. The van der Waals surface area contributed by atoms with Crippen molar-refractivity contribution < 1.29 is 0 Å². The lowest BCUT2D eigenvalue weighted by Gasteiger charge is -2.21. The summed E-state index contributed by atoms with van der Waals surface area (Å²) in [6.07, 6.45) is 0. The molecule has 0 saturated carbocycles. The topological polar surface area (TPSA) is 0 Å². The van der Waals surface area contributed by atoms with Gasteiger partial charge in [-0.2, -0.15) is 0 Å². The number of benzene rings is 13. The van der Waals surface area contributed by atoms with Gasteiger partial charge in [0.05, 0.1) is 0 Å². The van der Waals surface area contributed by atoms with E-state index in [1.54, 1.807) is 0 Å². The lowest BCUT2D eigenvalue weighted by Crippen LogP contribution is -1.94. The molecule has 0 fully saturated rings. The molecule has 0 heterocycles. The average molecular weight is 835 g/mol. The van der Waals surface area contributed by atoms with E-state index in [-0.39, 0.29) is 0 Å². The fourth-order valence-corrected chi connectivity index (χ4v) is 10.4. The van der Waals surface area contributed by atoms with E-state index in [2.05, 4.69) is 255 Å². The van der Waals surface area contributed by atoms with Crippen molar-refractivity contribution in [2.24, 2.45) is 0 Å². The SMILES string of the molecule is c1ccc(-c2cc3ccccc3cc2-c2ccc3c(c2)c(-c2ccc4ccccc4c2)c(-c2ccc4ccccc4c2)c2cc(-c4ccc(-c5ccc6ccccc6c5)cc4)ccc23)cc1. The third-order valence-corrected chi connectivity index (χ3v) is 13.8. The van der Waals surface area contributed by atoms with Crippen LogP contribution in [-0.4, -0.2) is 0 Å². The van der Waals surface area contributed by atoms with Crippen molar-refractivity contribution in [3.8, 4) is 66.8 Å². The van der Waals surface area contributed by atoms with Gasteiger partial charge in [-0.3, -0.25) is 0 Å². The monoisotopic (exact) mass is 834 g/mol. The molecule has 0 N–H and O–H groups in total. The predicted molar refractivity (Wildman–Crippen MR) is 284 cm³/mol. The fraction of sp³-hybridized carbons (Fsp3) is 0. The quantitative estimate of drug-likeness (QED) is 0.146. The van der Waals surface area contributed by atoms with Gasteiger partial charge < -0.3 is 0 Å². The van der Waals surface area contributed by atoms with Gasteiger partial charge in [-0.1, -0.05) is 212 Å². The van der Waals surface area contributed by atoms with Gasteiger partial charge in [0, 0.05) is 0 Å². The minimum Gasteiger partial charge on any atom is -0.0622 e. The molecule has 0 amide bonds. The van der Waals surface area contributed by atoms with Crippen molar-refractivity contribution in [2.45, 2.75) is 0 Å². The zero-order chi connectivity index (χ0) is 43.6. The fourth-order valence-electron chi connectivity index (χ4n) is 10.4. The Hall–Kier alpha value is -8.58. The van der Waals surface area contributed by atoms with E-state index in [1.165, 1.54) is 131 Å². The summed E-state index contributed by atoms with van der Waals surface area (Å²) in [5.74, 6) is 0. The second kappa shape index (κ2) is 15.6. The van der Waals surface area contributed by atoms with E-state index >= 15 is 0 Å². The van der Waals surface area contributed by atoms with Crippen LogP contribution in [0.3, 0.4) is 0 Å². The predicted octanol–water partition coefficient (Wildman–Crippen LogP) is 18.6. The molecule has 0 radical (unpaired) electrons. The summed E-state index contributed by atoms with van der Waals surface area (Å²) in [5, 5.41) is 14.9. The van der Waals surface area contributed by atoms with Gasteiger partial charge in [0.2, 0.25) is 0 Å². The number of rotatable bonds is 6. The van der Waals surface area contributed by atoms with Crippen LogP contribution >= 0.6 is 0 Å². The molecule has 0 aliphatic heterocycles. The number of fused-ring (bicyclic) bond motifs is 7. The molecule has 0 spiro atoms. The Labute approximate surface area is 384 Å². The van der Waals surface area contributed by atoms with Crippen LogP contribution in [0.25, 0.3) is 131 Å². The van der Waals surface area contributed by atoms with Gasteiger partial charge in [-0.15, -0.1) is 0 Å². The van der Waals surface area contributed by atoms with Gasteiger partial charge in [0.25, 0.3) is 0 Å². The Bertz CT molecular complexity index is 4020. The maximum atomic E-state index is 2.47. The van der Waals surface area contributed by atoms with E-state index in [9.17, 15) is 0 Å². The largest absolute Gasteiger partial charge is 0.0622 e. The van der Waals surface area contributed by atoms with Gasteiger partial charge in [-0.25, -0.2) is 0 Å². The highest BCUT2D eigenvalue weighted by molar-refractivity contribution is 6.23. The molecular formula is C66H42. The summed E-state index contributed by atoms with van der Waals surface area (Å²) >= 11 is 0. The smallest absolute Gasteiger partial charge is 0.00199 e. The molecule has 0 aromatic heterocycles. The summed E-state index contributed by atoms with van der Waals surface area (Å²) in [7, 11) is 0. The maximum absolute atomic E-state index is 2.47. The highest BCUT2D eigenvalue weighted by Crippen LogP contribution is 2.48. The molecule has 13 rings (SSSR count). The standard InChI is InChI=1S/C66H42/c1-2-15-48(16-3-1)61-39-52-20-10-11-21-53(52)40-62(61)56-33-35-60-59-34-32-55(47-24-22-46(23-25-47)54-29-26-43-12-4-7-17-49(43)36-54)41-63(59)65(57-30-27-44-13-5-8-18-50(44)37-57)66(64(60)42-56)58-31-28-45-14-6-9-19-51(45)38-58/h1-42H. The lowest BCUT2D eigenvalue weighted by molar-refractivity contribution is 1.61. The van der Waals surface area contributed by atoms with E-state index in [4.69, 9.17) is 0 Å². The summed E-state index contributed by atoms with van der Waals surface area (Å²) in [4.78, 5) is 0. The van der Waals surface area contributed by atoms with Crippen LogP contribution in [0.5, 0.6) is 0 Å². The van der Waals surface area contributed by atoms with Crippen LogP contribution in [0.2, 0.25) is 0 Å². The van der Waals surface area contributed by atoms with Gasteiger partial charge in [-0.05, 0) is 174 Å². The molecule has 0 unspecified atom stereocenters. The molecule has 0 bridgehead atoms. The molecule has 0 atom stereocenters. The first-order chi connectivity index (χ1) is 32.7. The molecule has 0 aliphatic carbocycles. The van der Waals surface area contributed by atoms with Crippen LogP contribution in [0.15, 0.2) is 255 Å². The molecule has 0 heteroatoms. The van der Waals surface area contributed by atoms with E-state index in [0.29, 0.717) is 0 Å². The zero-order valence-electron chi connectivity index (χ0n) is 36.2. The van der Waals surface area contributed by atoms with Crippen molar-refractivity contribution in [2.75, 3.05) is 0 Å². The van der Waals surface area contributed by atoms with Crippen molar-refractivity contribution in [1.29, 1.82) is 0 Å². The maximum Gasteiger partial charge on any atom is -0.00199 e. The van der Waals surface area contributed by atoms with Gasteiger partial charge in [0.15, 0.2) is 0 Å². The Balaban J connectivity index is 1.09. The van der Waals surface area contributed by atoms with Crippen LogP contribution in [0.4, 0.5) is 0 Å². The van der Waals surface area contributed by atoms with Crippen LogP contribution < -0.4 is 0 Å². The first kappa shape index (κ1) is 37.9. The minimum atomic E-state index is 1.19. The highest BCUT2D eigenvalue weighted by atomic mass is 14.2. The molecule has 0 saturated heterocycles. The van der Waals surface area contributed by atoms with Crippen molar-refractivity contribution in [3.05, 3.63) is 255 Å². The summed E-state index contributed by atoms with van der Waals surface area (Å²) in [6.45, 7) is 0. The van der Waals surface area contributed by atoms with Crippen LogP contribution in [-0.2, 0) is 0 Å². The first-order valence-corrected chi connectivity index (χ1v) is 22.9. The normalized spacial score (nSPS) is 11.6. The Morgan fingerprint density at radius 1 is 0.152 bits per heavy atom. The summed E-state index contributed by atoms with van der Waals surface area (Å²) < 4.78 is 0. The molecule has 13 aromatic rings. The van der Waals surface area contributed by atoms with Gasteiger partial charge in [0.1, 0.15) is 0 Å². The highest BCUT2D eigenvalue weighted by Gasteiger charge is 2.21. The van der Waals surface area contributed by atoms with Crippen molar-refractivity contribution in [1.82, 2.24) is 0 Å². The lowest BCUT2D eigenvalue weighted by atomic mass is 9.82. The molecule has 306 valence electrons. The molecule has 13 aromatic carbocycles. The average Bonchev–Trinajstić information content (AvgIpc) is 3.39. The Kier molecular flexibility index (Phi) is 8.96. The Morgan fingerprint density at radius 3 is 0.955 bits per heavy atom. The Morgan fingerprint density at radius 2 is 0.470 bits per heavy atom. The first-order valence-electron chi connectivity index (χ1n) is 22.9. The van der Waals surface area contributed by atoms with E-state index < -0.39 is 0 Å². The summed E-state index contributed by atoms with van der Waals surface area (Å²) in [6, 6.07) is 94.6. The minimum absolute atomic E-state index is 1.19. The number of hydrogen-bond acceptors (Lipinski definition) is 0.